The summed E-state index contributed by atoms with van der Waals surface area (Å²) < 4.78 is 5.74. The Morgan fingerprint density at radius 2 is 1.92 bits per heavy atom. The second kappa shape index (κ2) is 6.21. The molecule has 0 fully saturated rings. The van der Waals surface area contributed by atoms with Gasteiger partial charge < -0.3 is 9.64 Å². The van der Waals surface area contributed by atoms with Gasteiger partial charge in [0.1, 0.15) is 5.75 Å². The number of fused-ring (bicyclic) bond motifs is 2. The molecule has 2 aliphatic heterocycles. The fourth-order valence-electron chi connectivity index (χ4n) is 4.29. The molecule has 3 heteroatoms. The Morgan fingerprint density at radius 3 is 2.80 bits per heavy atom. The molecule has 0 saturated heterocycles. The second-order valence-electron chi connectivity index (χ2n) is 7.87. The fraction of sp³-hybridized carbons (Fsp3) is 0.409. The van der Waals surface area contributed by atoms with Crippen LogP contribution in [0.2, 0.25) is 0 Å². The van der Waals surface area contributed by atoms with Crippen molar-refractivity contribution in [3.8, 4) is 5.75 Å². The van der Waals surface area contributed by atoms with Crippen molar-refractivity contribution in [2.75, 3.05) is 13.2 Å². The summed E-state index contributed by atoms with van der Waals surface area (Å²) in [5.41, 5.74) is 3.83. The van der Waals surface area contributed by atoms with E-state index in [0.717, 1.165) is 25.3 Å². The van der Waals surface area contributed by atoms with Crippen molar-refractivity contribution in [1.82, 2.24) is 4.90 Å². The van der Waals surface area contributed by atoms with E-state index in [1.54, 1.807) is 0 Å². The molecule has 0 radical (unpaired) electrons. The molecule has 0 N–H and O–H groups in total. The van der Waals surface area contributed by atoms with Crippen molar-refractivity contribution in [2.45, 2.75) is 44.6 Å². The SMILES string of the molecule is CC1(C)CN(C(=O)CC2CCOc3ccccc32)Cc2ccccc21. The molecule has 2 aliphatic rings. The minimum Gasteiger partial charge on any atom is -0.493 e. The lowest BCUT2D eigenvalue weighted by Gasteiger charge is -2.40. The van der Waals surface area contributed by atoms with Crippen molar-refractivity contribution in [1.29, 1.82) is 0 Å². The van der Waals surface area contributed by atoms with Crippen molar-refractivity contribution < 1.29 is 9.53 Å². The molecule has 4 rings (SSSR count). The van der Waals surface area contributed by atoms with Gasteiger partial charge >= 0.3 is 0 Å². The Bertz CT molecular complexity index is 796. The average molecular weight is 335 g/mol. The van der Waals surface area contributed by atoms with Crippen LogP contribution in [0.4, 0.5) is 0 Å². The van der Waals surface area contributed by atoms with E-state index in [4.69, 9.17) is 4.74 Å². The molecule has 1 unspecified atom stereocenters. The number of nitrogens with zero attached hydrogens (tertiary/aromatic N) is 1. The van der Waals surface area contributed by atoms with Crippen LogP contribution in [0, 0.1) is 0 Å². The lowest BCUT2D eigenvalue weighted by molar-refractivity contribution is -0.133. The molecule has 25 heavy (non-hydrogen) atoms. The van der Waals surface area contributed by atoms with E-state index in [9.17, 15) is 4.79 Å². The summed E-state index contributed by atoms with van der Waals surface area (Å²) in [7, 11) is 0. The van der Waals surface area contributed by atoms with E-state index < -0.39 is 0 Å². The van der Waals surface area contributed by atoms with E-state index in [1.165, 1.54) is 16.7 Å². The highest BCUT2D eigenvalue weighted by Crippen LogP contribution is 2.38. The summed E-state index contributed by atoms with van der Waals surface area (Å²) in [4.78, 5) is 15.1. The van der Waals surface area contributed by atoms with Crippen molar-refractivity contribution in [2.24, 2.45) is 0 Å². The third kappa shape index (κ3) is 3.04. The first-order valence-electron chi connectivity index (χ1n) is 9.12. The summed E-state index contributed by atoms with van der Waals surface area (Å²) in [5.74, 6) is 1.46. The summed E-state index contributed by atoms with van der Waals surface area (Å²) in [5, 5.41) is 0. The molecule has 0 bridgehead atoms. The quantitative estimate of drug-likeness (QED) is 0.820. The summed E-state index contributed by atoms with van der Waals surface area (Å²) in [6.45, 7) is 6.67. The summed E-state index contributed by atoms with van der Waals surface area (Å²) in [6.07, 6.45) is 1.48. The van der Waals surface area contributed by atoms with Crippen molar-refractivity contribution >= 4 is 5.91 Å². The smallest absolute Gasteiger partial charge is 0.223 e. The predicted molar refractivity (Wildman–Crippen MR) is 98.8 cm³/mol. The van der Waals surface area contributed by atoms with Crippen LogP contribution in [-0.4, -0.2) is 24.0 Å². The Kier molecular flexibility index (Phi) is 4.03. The van der Waals surface area contributed by atoms with E-state index >= 15 is 0 Å². The number of rotatable bonds is 2. The van der Waals surface area contributed by atoms with Crippen LogP contribution in [0.15, 0.2) is 48.5 Å². The van der Waals surface area contributed by atoms with Gasteiger partial charge in [0.05, 0.1) is 6.61 Å². The lowest BCUT2D eigenvalue weighted by atomic mass is 9.78. The molecule has 2 aromatic rings. The zero-order chi connectivity index (χ0) is 17.4. The summed E-state index contributed by atoms with van der Waals surface area (Å²) in [6, 6.07) is 16.6. The molecule has 1 atom stereocenters. The van der Waals surface area contributed by atoms with Gasteiger partial charge in [-0.15, -0.1) is 0 Å². The minimum atomic E-state index is -0.00190. The van der Waals surface area contributed by atoms with Gasteiger partial charge in [-0.1, -0.05) is 56.3 Å². The van der Waals surface area contributed by atoms with E-state index in [-0.39, 0.29) is 17.2 Å². The van der Waals surface area contributed by atoms with Gasteiger partial charge in [0.25, 0.3) is 0 Å². The second-order valence-corrected chi connectivity index (χ2v) is 7.87. The van der Waals surface area contributed by atoms with E-state index in [0.29, 0.717) is 13.0 Å². The number of benzene rings is 2. The minimum absolute atomic E-state index is 0.00190. The highest BCUT2D eigenvalue weighted by Gasteiger charge is 2.34. The topological polar surface area (TPSA) is 29.5 Å². The Morgan fingerprint density at radius 1 is 1.16 bits per heavy atom. The largest absolute Gasteiger partial charge is 0.493 e. The van der Waals surface area contributed by atoms with Gasteiger partial charge in [-0.25, -0.2) is 0 Å². The zero-order valence-electron chi connectivity index (χ0n) is 15.0. The third-order valence-electron chi connectivity index (χ3n) is 5.55. The van der Waals surface area contributed by atoms with Gasteiger partial charge in [0.15, 0.2) is 0 Å². The van der Waals surface area contributed by atoms with Crippen LogP contribution in [0.25, 0.3) is 0 Å². The standard InChI is InChI=1S/C22H25NO2/c1-22(2)15-23(14-17-7-3-5-9-19(17)22)21(24)13-16-11-12-25-20-10-6-4-8-18(16)20/h3-10,16H,11-15H2,1-2H3. The van der Waals surface area contributed by atoms with Crippen LogP contribution in [0.3, 0.4) is 0 Å². The number of hydrogen-bond acceptors (Lipinski definition) is 2. The van der Waals surface area contributed by atoms with Crippen LogP contribution in [0.1, 0.15) is 49.3 Å². The molecule has 0 aromatic heterocycles. The first-order chi connectivity index (χ1) is 12.0. The fourth-order valence-corrected chi connectivity index (χ4v) is 4.29. The van der Waals surface area contributed by atoms with Gasteiger partial charge in [0, 0.05) is 24.9 Å². The third-order valence-corrected chi connectivity index (χ3v) is 5.55. The molecule has 0 saturated carbocycles. The molecule has 2 aromatic carbocycles. The van der Waals surface area contributed by atoms with Gasteiger partial charge in [0.2, 0.25) is 5.91 Å². The van der Waals surface area contributed by atoms with Crippen LogP contribution in [-0.2, 0) is 16.8 Å². The monoisotopic (exact) mass is 335 g/mol. The number of hydrogen-bond donors (Lipinski definition) is 0. The highest BCUT2D eigenvalue weighted by atomic mass is 16.5. The maximum Gasteiger partial charge on any atom is 0.223 e. The molecular formula is C22H25NO2. The number of carbonyl (C=O) groups is 1. The highest BCUT2D eigenvalue weighted by molar-refractivity contribution is 5.78. The Hall–Kier alpha value is -2.29. The molecule has 0 aliphatic carbocycles. The first kappa shape index (κ1) is 16.2. The van der Waals surface area contributed by atoms with Gasteiger partial charge in [-0.05, 0) is 35.1 Å². The summed E-state index contributed by atoms with van der Waals surface area (Å²) >= 11 is 0. The maximum absolute atomic E-state index is 13.1. The van der Waals surface area contributed by atoms with Crippen LogP contribution in [0.5, 0.6) is 5.75 Å². The molecule has 1 amide bonds. The molecule has 2 heterocycles. The van der Waals surface area contributed by atoms with Crippen molar-refractivity contribution in [3.05, 3.63) is 65.2 Å². The first-order valence-corrected chi connectivity index (χ1v) is 9.12. The number of ether oxygens (including phenoxy) is 1. The van der Waals surface area contributed by atoms with Crippen LogP contribution < -0.4 is 4.74 Å². The number of amides is 1. The molecular weight excluding hydrogens is 310 g/mol. The maximum atomic E-state index is 13.1. The van der Waals surface area contributed by atoms with Gasteiger partial charge in [-0.2, -0.15) is 0 Å². The normalized spacial score (nSPS) is 21.0. The molecule has 3 nitrogen and oxygen atoms in total. The number of carbonyl (C=O) groups excluding carboxylic acids is 1. The van der Waals surface area contributed by atoms with E-state index in [1.807, 2.05) is 23.1 Å². The van der Waals surface area contributed by atoms with Crippen LogP contribution >= 0.6 is 0 Å². The Labute approximate surface area is 149 Å². The number of para-hydroxylation sites is 1. The van der Waals surface area contributed by atoms with Gasteiger partial charge in [-0.3, -0.25) is 4.79 Å². The van der Waals surface area contributed by atoms with Crippen molar-refractivity contribution in [3.63, 3.8) is 0 Å². The lowest BCUT2D eigenvalue weighted by Crippen LogP contribution is -2.45. The zero-order valence-corrected chi connectivity index (χ0v) is 15.0. The average Bonchev–Trinajstić information content (AvgIpc) is 2.61. The molecule has 130 valence electrons. The predicted octanol–water partition coefficient (Wildman–Crippen LogP) is 4.26. The molecule has 0 spiro atoms. The Balaban J connectivity index is 1.53. The van der Waals surface area contributed by atoms with E-state index in [2.05, 4.69) is 44.2 Å².